The molecule has 2 nitrogen and oxygen atoms in total. The molecule has 1 aliphatic rings. The van der Waals surface area contributed by atoms with Crippen LogP contribution in [0.1, 0.15) is 17.5 Å². The molecule has 0 unspecified atom stereocenters. The van der Waals surface area contributed by atoms with Crippen molar-refractivity contribution >= 4 is 116 Å². The third kappa shape index (κ3) is 7.57. The van der Waals surface area contributed by atoms with Gasteiger partial charge in [-0.15, -0.1) is 0 Å². The lowest BCUT2D eigenvalue weighted by molar-refractivity contribution is 0.985. The van der Waals surface area contributed by atoms with Gasteiger partial charge in [0.2, 0.25) is 0 Å². The zero-order chi connectivity index (χ0) is 50.1. The van der Waals surface area contributed by atoms with Crippen LogP contribution in [-0.2, 0) is 6.42 Å². The minimum absolute atomic E-state index is 1.06. The summed E-state index contributed by atoms with van der Waals surface area (Å²) in [5.74, 6) is 0. The van der Waals surface area contributed by atoms with Crippen LogP contribution in [0.15, 0.2) is 273 Å². The quantitative estimate of drug-likeness (QED) is 0.140. The fourth-order valence-electron chi connectivity index (χ4n) is 12.2. The molecule has 0 amide bonds. The topological polar surface area (TPSA) is 6.48 Å². The van der Waals surface area contributed by atoms with Crippen molar-refractivity contribution in [2.45, 2.75) is 12.8 Å². The van der Waals surface area contributed by atoms with Crippen molar-refractivity contribution in [3.63, 3.8) is 0 Å². The monoisotopic (exact) mass is 966 g/mol. The van der Waals surface area contributed by atoms with Gasteiger partial charge in [0, 0.05) is 34.1 Å². The lowest BCUT2D eigenvalue weighted by atomic mass is 9.84. The first-order valence-electron chi connectivity index (χ1n) is 26.5. The van der Waals surface area contributed by atoms with E-state index in [2.05, 4.69) is 289 Å². The molecule has 0 heterocycles. The summed E-state index contributed by atoms with van der Waals surface area (Å²) in [6.45, 7) is 0. The number of hydrogen-bond donors (Lipinski definition) is 0. The van der Waals surface area contributed by atoms with Crippen LogP contribution >= 0.6 is 0 Å². The third-order valence-electron chi connectivity index (χ3n) is 15.9. The number of fused-ring (bicyclic) bond motifs is 8. The highest BCUT2D eigenvalue weighted by atomic mass is 15.1. The van der Waals surface area contributed by atoms with Crippen molar-refractivity contribution in [3.05, 3.63) is 284 Å². The largest absolute Gasteiger partial charge is 0.310 e. The number of benzene rings is 14. The summed E-state index contributed by atoms with van der Waals surface area (Å²) >= 11 is 0. The van der Waals surface area contributed by atoms with Crippen LogP contribution in [0, 0.1) is 0 Å². The first kappa shape index (κ1) is 43.8. The highest BCUT2D eigenvalue weighted by Gasteiger charge is 2.24. The molecule has 0 N–H and O–H groups in total. The molecule has 14 aromatic carbocycles. The second-order valence-corrected chi connectivity index (χ2v) is 20.4. The van der Waals surface area contributed by atoms with Crippen molar-refractivity contribution < 1.29 is 0 Å². The Kier molecular flexibility index (Phi) is 10.4. The Morgan fingerprint density at radius 2 is 0.579 bits per heavy atom. The van der Waals surface area contributed by atoms with Crippen LogP contribution in [0.3, 0.4) is 0 Å². The standard InChI is InChI=1S/C74H50N2/c1-7-19-55-41-61(27-25-49(55)13-1)73-69-39-37-68(76(65-35-31-53-17-5-11-23-59(53)45-65)66-36-32-54-18-6-12-24-60(54)46-66)48-72(69)74(62-28-26-50-14-2-8-20-56(50)42-62)70-40-38-67(47-71(70)73)75(63-33-29-51-15-3-9-21-57(51)43-63)64-34-30-52-16-4-10-22-58(52)44-64/h1-5,7-17,19-48H,6,18H2. The summed E-state index contributed by atoms with van der Waals surface area (Å²) in [5.41, 5.74) is 14.1. The maximum absolute atomic E-state index is 2.47. The molecule has 1 aliphatic carbocycles. The van der Waals surface area contributed by atoms with Crippen molar-refractivity contribution in [3.8, 4) is 22.3 Å². The lowest BCUT2D eigenvalue weighted by Crippen LogP contribution is -2.11. The number of rotatable bonds is 8. The molecule has 356 valence electrons. The predicted octanol–water partition coefficient (Wildman–Crippen LogP) is 21.0. The first-order chi connectivity index (χ1) is 37.6. The van der Waals surface area contributed by atoms with Gasteiger partial charge >= 0.3 is 0 Å². The van der Waals surface area contributed by atoms with Crippen LogP contribution in [0.4, 0.5) is 34.1 Å². The van der Waals surface area contributed by atoms with Gasteiger partial charge < -0.3 is 9.80 Å². The molecular weight excluding hydrogens is 917 g/mol. The third-order valence-corrected chi connectivity index (χ3v) is 15.9. The Hall–Kier alpha value is -9.76. The Balaban J connectivity index is 1.04. The van der Waals surface area contributed by atoms with Crippen LogP contribution in [0.25, 0.3) is 104 Å². The van der Waals surface area contributed by atoms with E-state index in [0.717, 1.165) is 47.0 Å². The molecule has 14 aromatic rings. The molecule has 0 bridgehead atoms. The maximum atomic E-state index is 2.47. The van der Waals surface area contributed by atoms with Crippen molar-refractivity contribution in [1.29, 1.82) is 0 Å². The van der Waals surface area contributed by atoms with Crippen LogP contribution in [0.2, 0.25) is 0 Å². The van der Waals surface area contributed by atoms with E-state index in [1.165, 1.54) is 109 Å². The summed E-state index contributed by atoms with van der Waals surface area (Å²) < 4.78 is 0. The maximum Gasteiger partial charge on any atom is 0.0468 e. The normalized spacial score (nSPS) is 12.3. The predicted molar refractivity (Wildman–Crippen MR) is 327 cm³/mol. The average Bonchev–Trinajstić information content (AvgIpc) is 3.52. The van der Waals surface area contributed by atoms with Gasteiger partial charge in [-0.3, -0.25) is 0 Å². The first-order valence-corrected chi connectivity index (χ1v) is 26.5. The lowest BCUT2D eigenvalue weighted by Gasteiger charge is -2.29. The van der Waals surface area contributed by atoms with Crippen molar-refractivity contribution in [2.75, 3.05) is 9.80 Å². The summed E-state index contributed by atoms with van der Waals surface area (Å²) in [5, 5.41) is 16.9. The molecule has 2 heteroatoms. The minimum atomic E-state index is 1.06. The van der Waals surface area contributed by atoms with Gasteiger partial charge in [0.1, 0.15) is 0 Å². The fraction of sp³-hybridized carbons (Fsp3) is 0.0270. The second kappa shape index (κ2) is 18.0. The molecule has 0 aliphatic heterocycles. The van der Waals surface area contributed by atoms with E-state index in [1.54, 1.807) is 0 Å². The molecule has 0 aromatic heterocycles. The Bertz CT molecular complexity index is 4600. The molecule has 0 spiro atoms. The van der Waals surface area contributed by atoms with Crippen LogP contribution in [0.5, 0.6) is 0 Å². The Morgan fingerprint density at radius 1 is 0.250 bits per heavy atom. The highest BCUT2D eigenvalue weighted by Crippen LogP contribution is 2.50. The summed E-state index contributed by atoms with van der Waals surface area (Å²) in [6.07, 6.45) is 6.74. The van der Waals surface area contributed by atoms with Crippen LogP contribution < -0.4 is 9.80 Å². The molecule has 0 saturated carbocycles. The van der Waals surface area contributed by atoms with Gasteiger partial charge in [0.15, 0.2) is 0 Å². The van der Waals surface area contributed by atoms with Gasteiger partial charge in [0.05, 0.1) is 0 Å². The van der Waals surface area contributed by atoms with Crippen LogP contribution in [-0.4, -0.2) is 0 Å². The number of hydrogen-bond acceptors (Lipinski definition) is 2. The van der Waals surface area contributed by atoms with Gasteiger partial charge in [-0.1, -0.05) is 194 Å². The summed E-state index contributed by atoms with van der Waals surface area (Å²) in [4.78, 5) is 4.91. The Morgan fingerprint density at radius 3 is 1.00 bits per heavy atom. The molecule has 0 fully saturated rings. The summed E-state index contributed by atoms with van der Waals surface area (Å²) in [6, 6.07) is 99.6. The van der Waals surface area contributed by atoms with E-state index >= 15 is 0 Å². The molecule has 0 atom stereocenters. The molecule has 15 rings (SSSR count). The minimum Gasteiger partial charge on any atom is -0.310 e. The number of anilines is 6. The van der Waals surface area contributed by atoms with Gasteiger partial charge in [0.25, 0.3) is 0 Å². The second-order valence-electron chi connectivity index (χ2n) is 20.4. The number of allylic oxidation sites excluding steroid dienone is 1. The van der Waals surface area contributed by atoms with Gasteiger partial charge in [-0.05, 0) is 207 Å². The van der Waals surface area contributed by atoms with E-state index in [-0.39, 0.29) is 0 Å². The van der Waals surface area contributed by atoms with E-state index in [0.29, 0.717) is 0 Å². The number of aryl methyl sites for hydroxylation is 1. The van der Waals surface area contributed by atoms with E-state index in [1.807, 2.05) is 0 Å². The van der Waals surface area contributed by atoms with Gasteiger partial charge in [-0.25, -0.2) is 0 Å². The fourth-order valence-corrected chi connectivity index (χ4v) is 12.2. The molecule has 76 heavy (non-hydrogen) atoms. The summed E-state index contributed by atoms with van der Waals surface area (Å²) in [7, 11) is 0. The highest BCUT2D eigenvalue weighted by molar-refractivity contribution is 6.23. The molecule has 0 saturated heterocycles. The molecule has 0 radical (unpaired) electrons. The van der Waals surface area contributed by atoms with E-state index in [9.17, 15) is 0 Å². The van der Waals surface area contributed by atoms with E-state index in [4.69, 9.17) is 0 Å². The smallest absolute Gasteiger partial charge is 0.0468 e. The van der Waals surface area contributed by atoms with Gasteiger partial charge in [-0.2, -0.15) is 0 Å². The zero-order valence-electron chi connectivity index (χ0n) is 41.9. The van der Waals surface area contributed by atoms with E-state index < -0.39 is 0 Å². The Labute approximate surface area is 442 Å². The average molecular weight is 967 g/mol. The zero-order valence-corrected chi connectivity index (χ0v) is 41.9. The van der Waals surface area contributed by atoms with Crippen molar-refractivity contribution in [1.82, 2.24) is 0 Å². The SMILES string of the molecule is C1=Cc2cc(N(c3ccc4ccccc4c3)c3ccc4c(-c5ccc6ccccc6c5)c5cc(N(c6ccc7ccccc7c6)c6ccc7ccccc7c6)ccc5c(-c5ccc6ccccc6c5)c4c3)ccc2CC1. The van der Waals surface area contributed by atoms with Crippen molar-refractivity contribution in [2.24, 2.45) is 0 Å². The molecular formula is C74H50N2. The number of nitrogens with zero attached hydrogens (tertiary/aromatic N) is 2.